The van der Waals surface area contributed by atoms with Gasteiger partial charge in [-0.3, -0.25) is 0 Å². The summed E-state index contributed by atoms with van der Waals surface area (Å²) < 4.78 is 139. The molecule has 0 saturated heterocycles. The van der Waals surface area contributed by atoms with E-state index in [9.17, 15) is 8.42 Å². The molecule has 1 atom stereocenters. The molecule has 6 aromatic rings. The van der Waals surface area contributed by atoms with Crippen molar-refractivity contribution in [1.29, 1.82) is 0 Å². The lowest BCUT2D eigenvalue weighted by molar-refractivity contribution is -0.393. The summed E-state index contributed by atoms with van der Waals surface area (Å²) >= 11 is 0. The number of rotatable bonds is 9. The first-order valence-corrected chi connectivity index (χ1v) is 20.8. The van der Waals surface area contributed by atoms with E-state index in [0.29, 0.717) is 24.0 Å². The van der Waals surface area contributed by atoms with Crippen LogP contribution in [0.2, 0.25) is 0 Å². The van der Waals surface area contributed by atoms with E-state index in [0.717, 1.165) is 48.8 Å². The lowest BCUT2D eigenvalue weighted by atomic mass is 9.72. The van der Waals surface area contributed by atoms with Gasteiger partial charge in [-0.25, -0.2) is 8.42 Å². The molecule has 0 bridgehead atoms. The summed E-state index contributed by atoms with van der Waals surface area (Å²) in [5, 5.41) is 0.0959. The van der Waals surface area contributed by atoms with E-state index >= 15 is 26.3 Å². The van der Waals surface area contributed by atoms with Gasteiger partial charge in [-0.2, -0.15) is 31.1 Å². The second-order valence-electron chi connectivity index (χ2n) is 15.3. The molecule has 0 spiro atoms. The second-order valence-corrected chi connectivity index (χ2v) is 16.9. The number of aryl methyl sites for hydroxylation is 2. The highest BCUT2D eigenvalue weighted by Gasteiger charge is 2.75. The SMILES string of the molecule is O=S1(=O)NC(c2cc3c4c(c2)CCCN4CCC3)(c2cc(C(OCc3ccccc3)(C(F)(F)F)C(F)(F)F)c(OCc3ccccc3)c3ccccc23)c2ccccc21. The molecule has 0 aromatic heterocycles. The molecule has 0 amide bonds. The van der Waals surface area contributed by atoms with Gasteiger partial charge in [0.2, 0.25) is 10.0 Å². The van der Waals surface area contributed by atoms with Crippen LogP contribution in [0.25, 0.3) is 10.8 Å². The van der Waals surface area contributed by atoms with Crippen molar-refractivity contribution in [3.8, 4) is 5.75 Å². The van der Waals surface area contributed by atoms with Gasteiger partial charge in [0, 0.05) is 35.3 Å². The molecule has 6 aromatic carbocycles. The molecule has 9 rings (SSSR count). The Balaban J connectivity index is 1.41. The van der Waals surface area contributed by atoms with Crippen molar-refractivity contribution in [3.05, 3.63) is 172 Å². The van der Waals surface area contributed by atoms with Crippen molar-refractivity contribution < 1.29 is 44.2 Å². The second kappa shape index (κ2) is 14.4. The monoisotopic (exact) mass is 828 g/mol. The van der Waals surface area contributed by atoms with Crippen LogP contribution < -0.4 is 14.4 Å². The van der Waals surface area contributed by atoms with E-state index < -0.39 is 51.4 Å². The molecule has 0 saturated carbocycles. The van der Waals surface area contributed by atoms with Gasteiger partial charge in [0.25, 0.3) is 5.60 Å². The van der Waals surface area contributed by atoms with Gasteiger partial charge in [0.15, 0.2) is 0 Å². The van der Waals surface area contributed by atoms with Gasteiger partial charge in [-0.1, -0.05) is 115 Å². The molecule has 59 heavy (non-hydrogen) atoms. The topological polar surface area (TPSA) is 67.9 Å². The van der Waals surface area contributed by atoms with E-state index in [-0.39, 0.29) is 39.0 Å². The van der Waals surface area contributed by atoms with E-state index in [1.165, 1.54) is 48.5 Å². The summed E-state index contributed by atoms with van der Waals surface area (Å²) in [6.07, 6.45) is -9.25. The van der Waals surface area contributed by atoms with Crippen molar-refractivity contribution in [2.45, 2.75) is 67.3 Å². The van der Waals surface area contributed by atoms with Crippen LogP contribution in [0.4, 0.5) is 32.0 Å². The number of ether oxygens (including phenoxy) is 2. The Bertz CT molecular complexity index is 2630. The standard InChI is InChI=1S/C46H38F6N2O4S/c47-45(48,49)44(46(50,51)52,58-29-31-15-5-2-6-16-31)39-27-38(35-19-7-8-20-36(35)42(39)57-28-30-13-3-1-4-14-30)43(37-21-9-10-22-40(37)59(55,56)53-43)34-25-32-17-11-23-54-24-12-18-33(26-34)41(32)54/h1-10,13-16,19-22,25-27,53H,11-12,17-18,23-24,28-29H2. The van der Waals surface area contributed by atoms with Crippen LogP contribution in [-0.2, 0) is 52.0 Å². The van der Waals surface area contributed by atoms with Gasteiger partial charge >= 0.3 is 12.4 Å². The maximum Gasteiger partial charge on any atom is 0.431 e. The largest absolute Gasteiger partial charge is 0.488 e. The number of hydrogen-bond donors (Lipinski definition) is 1. The predicted octanol–water partition coefficient (Wildman–Crippen LogP) is 10.2. The Morgan fingerprint density at radius 1 is 0.644 bits per heavy atom. The minimum absolute atomic E-state index is 0.0733. The Hall–Kier alpha value is -5.37. The van der Waals surface area contributed by atoms with E-state index in [1.54, 1.807) is 60.7 Å². The Labute approximate surface area is 337 Å². The van der Waals surface area contributed by atoms with Crippen LogP contribution in [0.3, 0.4) is 0 Å². The average molecular weight is 829 g/mol. The van der Waals surface area contributed by atoms with Crippen LogP contribution >= 0.6 is 0 Å². The number of benzene rings is 6. The molecule has 304 valence electrons. The van der Waals surface area contributed by atoms with Gasteiger partial charge in [-0.05, 0) is 76.6 Å². The van der Waals surface area contributed by atoms with Crippen molar-refractivity contribution in [3.63, 3.8) is 0 Å². The maximum absolute atomic E-state index is 16.0. The zero-order valence-electron chi connectivity index (χ0n) is 31.5. The number of nitrogens with one attached hydrogen (secondary N) is 1. The molecule has 0 fully saturated rings. The van der Waals surface area contributed by atoms with Crippen LogP contribution in [0.5, 0.6) is 5.75 Å². The van der Waals surface area contributed by atoms with E-state index in [2.05, 4.69) is 9.62 Å². The van der Waals surface area contributed by atoms with Gasteiger partial charge in [-0.15, -0.1) is 0 Å². The first kappa shape index (κ1) is 39.1. The summed E-state index contributed by atoms with van der Waals surface area (Å²) in [7, 11) is -4.39. The number of fused-ring (bicyclic) bond motifs is 2. The fourth-order valence-corrected chi connectivity index (χ4v) is 10.8. The molecule has 0 aliphatic carbocycles. The number of nitrogens with zero attached hydrogens (tertiary/aromatic N) is 1. The Kier molecular flexibility index (Phi) is 9.56. The quantitative estimate of drug-likeness (QED) is 0.147. The molecule has 13 heteroatoms. The van der Waals surface area contributed by atoms with Crippen LogP contribution in [0.1, 0.15) is 57.3 Å². The first-order chi connectivity index (χ1) is 28.2. The summed E-state index contributed by atoms with van der Waals surface area (Å²) in [5.74, 6) is -0.698. The molecule has 1 unspecified atom stereocenters. The summed E-state index contributed by atoms with van der Waals surface area (Å²) in [6, 6.07) is 32.4. The molecule has 6 nitrogen and oxygen atoms in total. The van der Waals surface area contributed by atoms with Crippen LogP contribution in [-0.4, -0.2) is 33.9 Å². The van der Waals surface area contributed by atoms with Gasteiger partial charge < -0.3 is 14.4 Å². The number of sulfonamides is 1. The Morgan fingerprint density at radius 3 is 1.80 bits per heavy atom. The third-order valence-electron chi connectivity index (χ3n) is 11.7. The lowest BCUT2D eigenvalue weighted by Gasteiger charge is -2.41. The zero-order valence-corrected chi connectivity index (χ0v) is 32.4. The highest BCUT2D eigenvalue weighted by molar-refractivity contribution is 7.90. The highest BCUT2D eigenvalue weighted by Crippen LogP contribution is 2.59. The third kappa shape index (κ3) is 6.36. The molecule has 3 aliphatic heterocycles. The fourth-order valence-electron chi connectivity index (χ4n) is 9.19. The van der Waals surface area contributed by atoms with Crippen molar-refractivity contribution >= 4 is 26.5 Å². The highest BCUT2D eigenvalue weighted by atomic mass is 32.2. The minimum Gasteiger partial charge on any atom is -0.488 e. The normalized spacial score (nSPS) is 18.7. The molecule has 3 aliphatic rings. The maximum atomic E-state index is 16.0. The first-order valence-electron chi connectivity index (χ1n) is 19.3. The van der Waals surface area contributed by atoms with E-state index in [4.69, 9.17) is 9.47 Å². The number of alkyl halides is 6. The molecule has 3 heterocycles. The molecular weight excluding hydrogens is 791 g/mol. The number of halogens is 6. The minimum atomic E-state index is -6.11. The summed E-state index contributed by atoms with van der Waals surface area (Å²) in [5.41, 5.74) is -4.41. The predicted molar refractivity (Wildman–Crippen MR) is 212 cm³/mol. The molecule has 1 N–H and O–H groups in total. The molecular formula is C46H38F6N2O4S. The molecule has 0 radical (unpaired) electrons. The lowest BCUT2D eigenvalue weighted by Crippen LogP contribution is -2.56. The third-order valence-corrected chi connectivity index (χ3v) is 13.2. The number of anilines is 1. The van der Waals surface area contributed by atoms with E-state index in [1.807, 2.05) is 12.1 Å². The fraction of sp³-hybridized carbons (Fsp3) is 0.261. The Morgan fingerprint density at radius 2 is 1.19 bits per heavy atom. The van der Waals surface area contributed by atoms with Crippen LogP contribution in [0, 0.1) is 0 Å². The van der Waals surface area contributed by atoms with Gasteiger partial charge in [0.1, 0.15) is 17.9 Å². The smallest absolute Gasteiger partial charge is 0.431 e. The summed E-state index contributed by atoms with van der Waals surface area (Å²) in [4.78, 5) is 2.15. The summed E-state index contributed by atoms with van der Waals surface area (Å²) in [6.45, 7) is 0.245. The van der Waals surface area contributed by atoms with Crippen molar-refractivity contribution in [2.75, 3.05) is 18.0 Å². The average Bonchev–Trinajstić information content (AvgIpc) is 3.47. The van der Waals surface area contributed by atoms with Crippen LogP contribution in [0.15, 0.2) is 132 Å². The van der Waals surface area contributed by atoms with Crippen molar-refractivity contribution in [1.82, 2.24) is 4.72 Å². The number of hydrogen-bond acceptors (Lipinski definition) is 5. The van der Waals surface area contributed by atoms with Crippen molar-refractivity contribution in [2.24, 2.45) is 0 Å². The zero-order chi connectivity index (χ0) is 41.2. The van der Waals surface area contributed by atoms with Gasteiger partial charge in [0.05, 0.1) is 11.5 Å².